The number of aliphatic hydroxyl groups is 1. The van der Waals surface area contributed by atoms with Gasteiger partial charge in [-0.25, -0.2) is 0 Å². The van der Waals surface area contributed by atoms with Gasteiger partial charge in [-0.1, -0.05) is 26.0 Å². The van der Waals surface area contributed by atoms with Crippen molar-refractivity contribution in [2.75, 3.05) is 0 Å². The average Bonchev–Trinajstić information content (AvgIpc) is 2.89. The average molecular weight is 236 g/mol. The van der Waals surface area contributed by atoms with Crippen molar-refractivity contribution in [3.63, 3.8) is 0 Å². The van der Waals surface area contributed by atoms with Crippen LogP contribution in [0.25, 0.3) is 0 Å². The number of hydrogen-bond acceptors (Lipinski definition) is 2. The van der Waals surface area contributed by atoms with Gasteiger partial charge < -0.3 is 9.84 Å². The van der Waals surface area contributed by atoms with Gasteiger partial charge in [0.1, 0.15) is 0 Å². The molecule has 3 aliphatic rings. The van der Waals surface area contributed by atoms with Gasteiger partial charge >= 0.3 is 0 Å². The summed E-state index contributed by atoms with van der Waals surface area (Å²) in [7, 11) is 0. The summed E-state index contributed by atoms with van der Waals surface area (Å²) in [5.41, 5.74) is 1.22. The second kappa shape index (κ2) is 3.58. The summed E-state index contributed by atoms with van der Waals surface area (Å²) in [6.45, 7) is 11.0. The molecule has 0 spiro atoms. The van der Waals surface area contributed by atoms with E-state index < -0.39 is 0 Å². The molecule has 0 aromatic carbocycles. The molecule has 3 rings (SSSR count). The van der Waals surface area contributed by atoms with Crippen molar-refractivity contribution in [1.82, 2.24) is 0 Å². The summed E-state index contributed by atoms with van der Waals surface area (Å²) in [4.78, 5) is 0. The maximum atomic E-state index is 10.4. The monoisotopic (exact) mass is 236 g/mol. The molecule has 2 nitrogen and oxygen atoms in total. The minimum atomic E-state index is -0.238. The molecule has 1 heterocycles. The third-order valence-electron chi connectivity index (χ3n) is 5.35. The molecule has 0 unspecified atom stereocenters. The lowest BCUT2D eigenvalue weighted by molar-refractivity contribution is 0.00599. The van der Waals surface area contributed by atoms with E-state index in [0.717, 1.165) is 12.8 Å². The fourth-order valence-electron chi connectivity index (χ4n) is 4.42. The van der Waals surface area contributed by atoms with Crippen molar-refractivity contribution < 1.29 is 9.84 Å². The minimum absolute atomic E-state index is 0.0364. The quantitative estimate of drug-likeness (QED) is 0.561. The third-order valence-corrected chi connectivity index (χ3v) is 5.35. The first-order chi connectivity index (χ1) is 7.94. The number of rotatable bonds is 1. The molecule has 0 aromatic rings. The Labute approximate surface area is 104 Å². The second-order valence-electron chi connectivity index (χ2n) is 6.83. The predicted octanol–water partition coefficient (Wildman–Crippen LogP) is 2.76. The van der Waals surface area contributed by atoms with E-state index in [4.69, 9.17) is 4.74 Å². The lowest BCUT2D eigenvalue weighted by Crippen LogP contribution is -2.48. The zero-order valence-corrected chi connectivity index (χ0v) is 11.1. The largest absolute Gasteiger partial charge is 0.392 e. The molecule has 2 aliphatic carbocycles. The van der Waals surface area contributed by atoms with Crippen LogP contribution in [-0.2, 0) is 4.74 Å². The van der Waals surface area contributed by atoms with Crippen molar-refractivity contribution in [1.29, 1.82) is 0 Å². The second-order valence-corrected chi connectivity index (χ2v) is 6.83. The van der Waals surface area contributed by atoms with Gasteiger partial charge in [0, 0.05) is 18.3 Å². The predicted molar refractivity (Wildman–Crippen MR) is 67.6 cm³/mol. The lowest BCUT2D eigenvalue weighted by atomic mass is 9.58. The van der Waals surface area contributed by atoms with E-state index in [-0.39, 0.29) is 17.6 Å². The summed E-state index contributed by atoms with van der Waals surface area (Å²) in [5.74, 6) is 2.16. The summed E-state index contributed by atoms with van der Waals surface area (Å²) in [6.07, 6.45) is 3.24. The molecule has 1 aliphatic heterocycles. The van der Waals surface area contributed by atoms with Crippen molar-refractivity contribution in [2.45, 2.75) is 57.8 Å². The van der Waals surface area contributed by atoms with Crippen molar-refractivity contribution in [2.24, 2.45) is 23.7 Å². The maximum Gasteiger partial charge on any atom is 0.0948 e. The number of aliphatic hydroxyl groups excluding tert-OH is 1. The van der Waals surface area contributed by atoms with Gasteiger partial charge in [-0.2, -0.15) is 0 Å². The molecule has 0 aromatic heterocycles. The van der Waals surface area contributed by atoms with Crippen LogP contribution >= 0.6 is 0 Å². The number of epoxide rings is 1. The van der Waals surface area contributed by atoms with Crippen LogP contribution in [0.1, 0.15) is 40.0 Å². The molecule has 6 atom stereocenters. The standard InChI is InChI=1S/C15H24O2/c1-8(2)10-6-5-9(3)12-11(16)7-15(4)14(17-15)13(10)12/h8,10-14,16H,3,5-7H2,1-2,4H3/t10-,11-,12+,13-,14+,15-/m1/s1. The Hall–Kier alpha value is -0.340. The highest BCUT2D eigenvalue weighted by atomic mass is 16.6. The Morgan fingerprint density at radius 3 is 2.82 bits per heavy atom. The summed E-state index contributed by atoms with van der Waals surface area (Å²) >= 11 is 0. The van der Waals surface area contributed by atoms with Crippen LogP contribution in [0.3, 0.4) is 0 Å². The molecule has 3 fully saturated rings. The van der Waals surface area contributed by atoms with E-state index in [0.29, 0.717) is 23.9 Å². The highest BCUT2D eigenvalue weighted by molar-refractivity contribution is 5.22. The van der Waals surface area contributed by atoms with Crippen LogP contribution in [0.15, 0.2) is 12.2 Å². The van der Waals surface area contributed by atoms with E-state index >= 15 is 0 Å². The smallest absolute Gasteiger partial charge is 0.0948 e. The fraction of sp³-hybridized carbons (Fsp3) is 0.867. The summed E-state index contributed by atoms with van der Waals surface area (Å²) in [6, 6.07) is 0. The molecule has 2 saturated carbocycles. The first-order valence-electron chi connectivity index (χ1n) is 6.97. The third kappa shape index (κ3) is 1.61. The van der Waals surface area contributed by atoms with Crippen LogP contribution < -0.4 is 0 Å². The molecule has 17 heavy (non-hydrogen) atoms. The van der Waals surface area contributed by atoms with Gasteiger partial charge in [0.15, 0.2) is 0 Å². The lowest BCUT2D eigenvalue weighted by Gasteiger charge is -2.46. The zero-order chi connectivity index (χ0) is 12.4. The Balaban J connectivity index is 1.93. The number of fused-ring (bicyclic) bond motifs is 3. The summed E-state index contributed by atoms with van der Waals surface area (Å²) in [5, 5.41) is 10.4. The highest BCUT2D eigenvalue weighted by Gasteiger charge is 2.65. The molecule has 0 bridgehead atoms. The van der Waals surface area contributed by atoms with Crippen LogP contribution in [0.2, 0.25) is 0 Å². The van der Waals surface area contributed by atoms with E-state index in [1.165, 1.54) is 12.0 Å². The molecule has 0 amide bonds. The first kappa shape index (κ1) is 11.7. The van der Waals surface area contributed by atoms with Gasteiger partial charge in [0.25, 0.3) is 0 Å². The molecular formula is C15H24O2. The Kier molecular flexibility index (Phi) is 2.47. The highest BCUT2D eigenvalue weighted by Crippen LogP contribution is 2.59. The van der Waals surface area contributed by atoms with Crippen LogP contribution in [-0.4, -0.2) is 22.9 Å². The van der Waals surface area contributed by atoms with Crippen LogP contribution in [0.5, 0.6) is 0 Å². The molecule has 1 saturated heterocycles. The van der Waals surface area contributed by atoms with Gasteiger partial charge in [0.05, 0.1) is 17.8 Å². The summed E-state index contributed by atoms with van der Waals surface area (Å²) < 4.78 is 5.93. The van der Waals surface area contributed by atoms with Crippen LogP contribution in [0, 0.1) is 23.7 Å². The Morgan fingerprint density at radius 2 is 2.18 bits per heavy atom. The number of hydrogen-bond donors (Lipinski definition) is 1. The molecular weight excluding hydrogens is 212 g/mol. The fourth-order valence-corrected chi connectivity index (χ4v) is 4.42. The van der Waals surface area contributed by atoms with E-state index in [1.54, 1.807) is 0 Å². The van der Waals surface area contributed by atoms with E-state index in [2.05, 4.69) is 27.4 Å². The van der Waals surface area contributed by atoms with Crippen LogP contribution in [0.4, 0.5) is 0 Å². The molecule has 1 N–H and O–H groups in total. The topological polar surface area (TPSA) is 32.8 Å². The maximum absolute atomic E-state index is 10.4. The Bertz CT molecular complexity index is 349. The zero-order valence-electron chi connectivity index (χ0n) is 11.1. The van der Waals surface area contributed by atoms with Gasteiger partial charge in [0.2, 0.25) is 0 Å². The molecule has 0 radical (unpaired) electrons. The molecule has 96 valence electrons. The van der Waals surface area contributed by atoms with E-state index in [1.807, 2.05) is 0 Å². The normalized spacial score (nSPS) is 53.2. The van der Waals surface area contributed by atoms with E-state index in [9.17, 15) is 5.11 Å². The number of ether oxygens (including phenoxy) is 1. The first-order valence-corrected chi connectivity index (χ1v) is 6.97. The van der Waals surface area contributed by atoms with Crippen molar-refractivity contribution in [3.8, 4) is 0 Å². The minimum Gasteiger partial charge on any atom is -0.392 e. The van der Waals surface area contributed by atoms with Gasteiger partial charge in [-0.15, -0.1) is 0 Å². The van der Waals surface area contributed by atoms with Gasteiger partial charge in [-0.3, -0.25) is 0 Å². The van der Waals surface area contributed by atoms with Crippen molar-refractivity contribution >= 4 is 0 Å². The Morgan fingerprint density at radius 1 is 1.47 bits per heavy atom. The van der Waals surface area contributed by atoms with Gasteiger partial charge in [-0.05, 0) is 31.6 Å². The van der Waals surface area contributed by atoms with Crippen molar-refractivity contribution in [3.05, 3.63) is 12.2 Å². The SMILES string of the molecule is C=C1CC[C@H](C(C)C)[C@@H]2[C@@H]1[C@H](O)C[C@@]1(C)O[C@@H]21. The molecule has 2 heteroatoms.